The van der Waals surface area contributed by atoms with Crippen LogP contribution in [0.3, 0.4) is 0 Å². The van der Waals surface area contributed by atoms with Crippen molar-refractivity contribution < 1.29 is 10.2 Å². The fourth-order valence-corrected chi connectivity index (χ4v) is 12.0. The van der Waals surface area contributed by atoms with Crippen molar-refractivity contribution in [3.8, 4) is 0 Å². The van der Waals surface area contributed by atoms with Crippen LogP contribution in [0.1, 0.15) is 98.8 Å². The normalized spacial score (nSPS) is 51.6. The predicted molar refractivity (Wildman–Crippen MR) is 148 cm³/mol. The summed E-state index contributed by atoms with van der Waals surface area (Å²) in [6, 6.07) is 0.330. The molecule has 5 fully saturated rings. The van der Waals surface area contributed by atoms with E-state index >= 15 is 0 Å². The molecule has 0 saturated heterocycles. The average molecular weight is 501 g/mol. The smallest absolute Gasteiger partial charge is 0.0556 e. The molecule has 0 aromatic heterocycles. The summed E-state index contributed by atoms with van der Waals surface area (Å²) in [6.45, 7) is 19.5. The van der Waals surface area contributed by atoms with Crippen LogP contribution in [-0.4, -0.2) is 42.6 Å². The Balaban J connectivity index is 1.48. The van der Waals surface area contributed by atoms with E-state index in [0.29, 0.717) is 53.2 Å². The van der Waals surface area contributed by atoms with E-state index in [1.807, 2.05) is 0 Å². The van der Waals surface area contributed by atoms with E-state index in [2.05, 4.69) is 46.5 Å². The van der Waals surface area contributed by atoms with E-state index in [1.165, 1.54) is 63.4 Å². The van der Waals surface area contributed by atoms with Crippen LogP contribution in [0.2, 0.25) is 0 Å². The van der Waals surface area contributed by atoms with Gasteiger partial charge in [-0.25, -0.2) is 0 Å². The van der Waals surface area contributed by atoms with Crippen molar-refractivity contribution >= 4 is 0 Å². The summed E-state index contributed by atoms with van der Waals surface area (Å²) in [6.07, 6.45) is 12.5. The lowest BCUT2D eigenvalue weighted by atomic mass is 9.32. The minimum atomic E-state index is 0.0820. The standard InChI is InChI=1S/C32H56N2O2/c1-21(19-34-17-18-35)22-9-14-32(20-36)16-15-30(5)23(27(22)32)7-8-25-29(4)12-11-26(33)28(2,3)24(29)10-13-31(25,30)6/h22-27,34-36H,1,7-20,33H2,2-6H3/t22-,23+,24-,25+,26?,27+,29-,30+,31+,32+/m0/s1. The summed E-state index contributed by atoms with van der Waals surface area (Å²) < 4.78 is 0. The molecule has 5 saturated carbocycles. The van der Waals surface area contributed by atoms with E-state index in [4.69, 9.17) is 5.73 Å². The number of aliphatic hydroxyl groups excluding tert-OH is 2. The molecule has 0 aromatic carbocycles. The summed E-state index contributed by atoms with van der Waals surface area (Å²) in [7, 11) is 0. The number of rotatable bonds is 6. The topological polar surface area (TPSA) is 78.5 Å². The molecular formula is C32H56N2O2. The lowest BCUT2D eigenvalue weighted by Crippen LogP contribution is -2.67. The molecular weight excluding hydrogens is 444 g/mol. The van der Waals surface area contributed by atoms with Gasteiger partial charge in [0.25, 0.3) is 0 Å². The zero-order valence-corrected chi connectivity index (χ0v) is 24.0. The van der Waals surface area contributed by atoms with E-state index in [-0.39, 0.29) is 17.4 Å². The molecule has 0 heterocycles. The Morgan fingerprint density at radius 1 is 0.861 bits per heavy atom. The van der Waals surface area contributed by atoms with Gasteiger partial charge in [-0.05, 0) is 121 Å². The van der Waals surface area contributed by atoms with Crippen molar-refractivity contribution in [1.29, 1.82) is 0 Å². The van der Waals surface area contributed by atoms with Crippen LogP contribution in [0.25, 0.3) is 0 Å². The summed E-state index contributed by atoms with van der Waals surface area (Å²) in [5, 5.41) is 23.5. The van der Waals surface area contributed by atoms with Crippen LogP contribution in [0.5, 0.6) is 0 Å². The Hall–Kier alpha value is -0.420. The average Bonchev–Trinajstić information content (AvgIpc) is 3.22. The molecule has 0 bridgehead atoms. The molecule has 1 unspecified atom stereocenters. The molecule has 36 heavy (non-hydrogen) atoms. The van der Waals surface area contributed by atoms with Gasteiger partial charge in [0.1, 0.15) is 0 Å². The molecule has 4 heteroatoms. The van der Waals surface area contributed by atoms with Gasteiger partial charge in [-0.1, -0.05) is 46.8 Å². The van der Waals surface area contributed by atoms with Gasteiger partial charge in [0.15, 0.2) is 0 Å². The predicted octanol–water partition coefficient (Wildman–Crippen LogP) is 5.53. The molecule has 0 aromatic rings. The van der Waals surface area contributed by atoms with Gasteiger partial charge >= 0.3 is 0 Å². The highest BCUT2D eigenvalue weighted by Gasteiger charge is 2.70. The molecule has 0 spiro atoms. The van der Waals surface area contributed by atoms with Gasteiger partial charge < -0.3 is 21.3 Å². The van der Waals surface area contributed by atoms with E-state index in [0.717, 1.165) is 24.8 Å². The molecule has 5 aliphatic rings. The Labute approximate surface area is 221 Å². The van der Waals surface area contributed by atoms with Gasteiger partial charge in [0.2, 0.25) is 0 Å². The lowest BCUT2D eigenvalue weighted by Gasteiger charge is -2.73. The van der Waals surface area contributed by atoms with Crippen LogP contribution in [0.4, 0.5) is 0 Å². The Morgan fingerprint density at radius 2 is 1.61 bits per heavy atom. The zero-order valence-electron chi connectivity index (χ0n) is 24.0. The van der Waals surface area contributed by atoms with Crippen molar-refractivity contribution in [1.82, 2.24) is 5.32 Å². The number of fused-ring (bicyclic) bond motifs is 7. The molecule has 5 N–H and O–H groups in total. The van der Waals surface area contributed by atoms with Crippen LogP contribution in [0.15, 0.2) is 12.2 Å². The van der Waals surface area contributed by atoms with Gasteiger partial charge in [-0.15, -0.1) is 0 Å². The summed E-state index contributed by atoms with van der Waals surface area (Å²) in [5.74, 6) is 3.20. The van der Waals surface area contributed by atoms with Crippen molar-refractivity contribution in [2.75, 3.05) is 26.3 Å². The van der Waals surface area contributed by atoms with E-state index < -0.39 is 0 Å². The van der Waals surface area contributed by atoms with Crippen LogP contribution in [-0.2, 0) is 0 Å². The second-order valence-electron chi connectivity index (χ2n) is 15.4. The Bertz CT molecular complexity index is 857. The Kier molecular flexibility index (Phi) is 6.84. The van der Waals surface area contributed by atoms with Crippen LogP contribution in [0, 0.1) is 56.7 Å². The molecule has 0 aliphatic heterocycles. The molecule has 0 amide bonds. The number of hydrogen-bond acceptors (Lipinski definition) is 4. The maximum absolute atomic E-state index is 10.8. The molecule has 5 rings (SSSR count). The first-order valence-corrected chi connectivity index (χ1v) is 15.3. The first kappa shape index (κ1) is 27.2. The van der Waals surface area contributed by atoms with Crippen molar-refractivity contribution in [3.05, 3.63) is 12.2 Å². The van der Waals surface area contributed by atoms with E-state index in [9.17, 15) is 10.2 Å². The van der Waals surface area contributed by atoms with Gasteiger partial charge in [-0.2, -0.15) is 0 Å². The first-order valence-electron chi connectivity index (χ1n) is 15.3. The van der Waals surface area contributed by atoms with Crippen LogP contribution < -0.4 is 11.1 Å². The minimum Gasteiger partial charge on any atom is -0.396 e. The van der Waals surface area contributed by atoms with Gasteiger partial charge in [0.05, 0.1) is 6.61 Å². The number of nitrogens with two attached hydrogens (primary N) is 1. The quantitative estimate of drug-likeness (QED) is 0.286. The van der Waals surface area contributed by atoms with Gasteiger partial charge in [0, 0.05) is 25.7 Å². The number of aliphatic hydroxyl groups is 2. The highest BCUT2D eigenvalue weighted by Crippen LogP contribution is 2.77. The largest absolute Gasteiger partial charge is 0.396 e. The molecule has 0 radical (unpaired) electrons. The highest BCUT2D eigenvalue weighted by molar-refractivity contribution is 5.22. The number of nitrogens with one attached hydrogen (secondary N) is 1. The molecule has 4 nitrogen and oxygen atoms in total. The van der Waals surface area contributed by atoms with Crippen molar-refractivity contribution in [2.45, 2.75) is 105 Å². The maximum Gasteiger partial charge on any atom is 0.0556 e. The van der Waals surface area contributed by atoms with Crippen molar-refractivity contribution in [3.63, 3.8) is 0 Å². The first-order chi connectivity index (χ1) is 16.9. The molecule has 10 atom stereocenters. The molecule has 206 valence electrons. The highest BCUT2D eigenvalue weighted by atomic mass is 16.3. The summed E-state index contributed by atoms with van der Waals surface area (Å²) >= 11 is 0. The molecule has 5 aliphatic carbocycles. The maximum atomic E-state index is 10.8. The zero-order chi connectivity index (χ0) is 26.1. The monoisotopic (exact) mass is 500 g/mol. The second-order valence-corrected chi connectivity index (χ2v) is 15.4. The minimum absolute atomic E-state index is 0.0820. The lowest BCUT2D eigenvalue weighted by molar-refractivity contribution is -0.240. The third-order valence-corrected chi connectivity index (χ3v) is 14.2. The fraction of sp³-hybridized carbons (Fsp3) is 0.938. The van der Waals surface area contributed by atoms with Crippen LogP contribution >= 0.6 is 0 Å². The SMILES string of the molecule is C=C(CNCCO)[C@@H]1CC[C@]2(CO)CC[C@]3(C)[C@H](CC[C@@H]4[C@@]5(C)CCC(N)C(C)(C)[C@@H]5CC[C@]43C)[C@@H]12. The summed E-state index contributed by atoms with van der Waals surface area (Å²) in [4.78, 5) is 0. The Morgan fingerprint density at radius 3 is 2.31 bits per heavy atom. The third-order valence-electron chi connectivity index (χ3n) is 14.2. The van der Waals surface area contributed by atoms with E-state index in [1.54, 1.807) is 0 Å². The fourth-order valence-electron chi connectivity index (χ4n) is 12.0. The van der Waals surface area contributed by atoms with Crippen molar-refractivity contribution in [2.24, 2.45) is 62.4 Å². The number of hydrogen-bond donors (Lipinski definition) is 4. The second kappa shape index (κ2) is 9.07. The van der Waals surface area contributed by atoms with Gasteiger partial charge in [-0.3, -0.25) is 0 Å². The summed E-state index contributed by atoms with van der Waals surface area (Å²) in [5.41, 5.74) is 9.40. The third kappa shape index (κ3) is 3.52.